The van der Waals surface area contributed by atoms with Crippen molar-refractivity contribution in [3.8, 4) is 35.8 Å². The Morgan fingerprint density at radius 3 is 1.51 bits per heavy atom. The van der Waals surface area contributed by atoms with Crippen molar-refractivity contribution < 1.29 is 17.6 Å². The van der Waals surface area contributed by atoms with Crippen LogP contribution < -0.4 is 0 Å². The van der Waals surface area contributed by atoms with E-state index in [9.17, 15) is 17.6 Å². The fraction of sp³-hybridized carbons (Fsp3) is 0. The molecule has 17 heteroatoms. The van der Waals surface area contributed by atoms with E-state index >= 15 is 0 Å². The van der Waals surface area contributed by atoms with E-state index in [1.54, 1.807) is 64.6 Å². The molecule has 8 rings (SSSR count). The van der Waals surface area contributed by atoms with Crippen molar-refractivity contribution in [1.82, 2.24) is 54.7 Å². The molecule has 0 amide bonds. The Kier molecular flexibility index (Phi) is 17.1. The number of nitrogens with one attached hydrogen (secondary N) is 1. The van der Waals surface area contributed by atoms with E-state index < -0.39 is 11.8 Å². The minimum absolute atomic E-state index is 0.342. The molecule has 274 valence electrons. The lowest BCUT2D eigenvalue weighted by Crippen LogP contribution is -1.98. The fourth-order valence-corrected chi connectivity index (χ4v) is 4.26. The van der Waals surface area contributed by atoms with Gasteiger partial charge in [0.05, 0.1) is 22.3 Å². The Morgan fingerprint density at radius 1 is 0.545 bits per heavy atom. The molecule has 0 aliphatic heterocycles. The van der Waals surface area contributed by atoms with E-state index in [0.717, 1.165) is 31.9 Å². The second-order valence-corrected chi connectivity index (χ2v) is 12.2. The lowest BCUT2D eigenvalue weighted by molar-refractivity contribution is 0.560. The summed E-state index contributed by atoms with van der Waals surface area (Å²) in [7, 11) is 0. The maximum Gasteiger partial charge on any atom is 0.212 e. The molecule has 0 bridgehead atoms. The van der Waals surface area contributed by atoms with Crippen LogP contribution in [-0.4, -0.2) is 54.7 Å². The molecule has 0 saturated heterocycles. The molecule has 8 aromatic heterocycles. The van der Waals surface area contributed by atoms with Crippen molar-refractivity contribution in [2.45, 2.75) is 0 Å². The van der Waals surface area contributed by atoms with E-state index in [1.165, 1.54) is 18.3 Å². The van der Waals surface area contributed by atoms with Crippen LogP contribution in [-0.2, 0) is 0 Å². The standard InChI is InChI=1S/C15H9FN4.C8H5FIN3.C7H5N.C5H3F2N.C3H3IN2/c16-12-4-7-15(18-11-12)20-10-8-14(19-20)6-5-13-3-1-2-9-17-13;9-6-1-2-8(11-5-6)13-4-3-7(10)12-13;1-2-7-5-3-4-6-8-7;6-4-1-2-5(7)8-3-4;4-3-1-2-5-6-3/h1-4,7-11H;1-5H;1,3-6H;1-3H;1-2H,(H,5,6). The van der Waals surface area contributed by atoms with Crippen molar-refractivity contribution >= 4 is 45.2 Å². The molecule has 0 spiro atoms. The van der Waals surface area contributed by atoms with Crippen LogP contribution in [0.5, 0.6) is 0 Å². The van der Waals surface area contributed by atoms with E-state index in [2.05, 4.69) is 108 Å². The summed E-state index contributed by atoms with van der Waals surface area (Å²) < 4.78 is 54.1. The third-order valence-electron chi connectivity index (χ3n) is 5.99. The Balaban J connectivity index is 0.000000165. The zero-order chi connectivity index (χ0) is 39.3. The van der Waals surface area contributed by atoms with Crippen molar-refractivity contribution in [1.29, 1.82) is 0 Å². The van der Waals surface area contributed by atoms with Gasteiger partial charge in [0.2, 0.25) is 5.95 Å². The highest BCUT2D eigenvalue weighted by atomic mass is 127. The van der Waals surface area contributed by atoms with E-state index in [1.807, 2.05) is 42.5 Å². The van der Waals surface area contributed by atoms with Gasteiger partial charge in [-0.05, 0) is 136 Å². The third kappa shape index (κ3) is 15.7. The third-order valence-corrected chi connectivity index (χ3v) is 7.17. The first kappa shape index (κ1) is 41.4. The SMILES string of the molecule is C#Cc1ccccn1.Fc1ccc(-n2ccc(C#Cc3ccccn3)n2)nc1.Fc1ccc(-n2ccc(I)n2)nc1.Fc1ccc(F)nc1.Ic1ccn[nH]1. The van der Waals surface area contributed by atoms with Crippen LogP contribution in [0.3, 0.4) is 0 Å². The summed E-state index contributed by atoms with van der Waals surface area (Å²) in [5.74, 6) is 7.50. The van der Waals surface area contributed by atoms with Crippen LogP contribution in [0.15, 0.2) is 141 Å². The molecule has 0 saturated carbocycles. The van der Waals surface area contributed by atoms with Crippen molar-refractivity contribution in [2.75, 3.05) is 0 Å². The zero-order valence-electron chi connectivity index (χ0n) is 28.1. The maximum atomic E-state index is 12.8. The average molecular weight is 965 g/mol. The highest BCUT2D eigenvalue weighted by Gasteiger charge is 2.01. The average Bonchev–Trinajstić information content (AvgIpc) is 4.01. The Bertz CT molecular complexity index is 2370. The Hall–Kier alpha value is -6.32. The monoisotopic (exact) mass is 965 g/mol. The molecule has 55 heavy (non-hydrogen) atoms. The summed E-state index contributed by atoms with van der Waals surface area (Å²) in [6.45, 7) is 0. The van der Waals surface area contributed by atoms with Gasteiger partial charge in [0, 0.05) is 31.0 Å². The quantitative estimate of drug-likeness (QED) is 0.0811. The van der Waals surface area contributed by atoms with Gasteiger partial charge in [-0.1, -0.05) is 18.1 Å². The number of pyridine rings is 5. The van der Waals surface area contributed by atoms with Crippen molar-refractivity contribution in [3.05, 3.63) is 188 Å². The topological polar surface area (TPSA) is 129 Å². The zero-order valence-corrected chi connectivity index (χ0v) is 32.4. The maximum absolute atomic E-state index is 12.8. The van der Waals surface area contributed by atoms with Crippen LogP contribution in [0.4, 0.5) is 17.6 Å². The fourth-order valence-electron chi connectivity index (χ4n) is 3.56. The number of hydrogen-bond donors (Lipinski definition) is 1. The number of aromatic nitrogens is 11. The molecule has 0 unspecified atom stereocenters. The van der Waals surface area contributed by atoms with Gasteiger partial charge in [0.1, 0.15) is 38.2 Å². The molecule has 0 aromatic carbocycles. The number of H-pyrrole nitrogens is 1. The number of nitrogens with zero attached hydrogens (tertiary/aromatic N) is 10. The summed E-state index contributed by atoms with van der Waals surface area (Å²) in [6.07, 6.45) is 16.8. The Labute approximate surface area is 339 Å². The number of hydrogen-bond acceptors (Lipinski definition) is 8. The minimum Gasteiger partial charge on any atom is -0.272 e. The Morgan fingerprint density at radius 2 is 1.11 bits per heavy atom. The first-order valence-corrected chi connectivity index (χ1v) is 17.6. The van der Waals surface area contributed by atoms with Crippen LogP contribution >= 0.6 is 45.2 Å². The van der Waals surface area contributed by atoms with Gasteiger partial charge in [-0.25, -0.2) is 47.5 Å². The molecule has 8 heterocycles. The molecular weight excluding hydrogens is 940 g/mol. The van der Waals surface area contributed by atoms with Crippen molar-refractivity contribution in [2.24, 2.45) is 0 Å². The second kappa shape index (κ2) is 22.7. The van der Waals surface area contributed by atoms with Gasteiger partial charge < -0.3 is 0 Å². The van der Waals surface area contributed by atoms with Gasteiger partial charge in [0.25, 0.3) is 0 Å². The summed E-state index contributed by atoms with van der Waals surface area (Å²) in [4.78, 5) is 18.8. The molecule has 0 aliphatic rings. The summed E-state index contributed by atoms with van der Waals surface area (Å²) in [5.41, 5.74) is 1.97. The number of rotatable bonds is 2. The first-order valence-electron chi connectivity index (χ1n) is 15.4. The smallest absolute Gasteiger partial charge is 0.212 e. The van der Waals surface area contributed by atoms with Crippen LogP contribution in [0.1, 0.15) is 17.1 Å². The van der Waals surface area contributed by atoms with Gasteiger partial charge in [-0.3, -0.25) is 5.10 Å². The molecule has 0 atom stereocenters. The number of halogens is 6. The molecule has 0 aliphatic carbocycles. The first-order chi connectivity index (χ1) is 26.7. The van der Waals surface area contributed by atoms with Crippen LogP contribution in [0.2, 0.25) is 0 Å². The normalized spacial score (nSPS) is 9.47. The molecule has 11 nitrogen and oxygen atoms in total. The van der Waals surface area contributed by atoms with Gasteiger partial charge in [-0.2, -0.15) is 19.7 Å². The van der Waals surface area contributed by atoms with Crippen LogP contribution in [0, 0.1) is 55.0 Å². The van der Waals surface area contributed by atoms with E-state index in [-0.39, 0.29) is 11.6 Å². The van der Waals surface area contributed by atoms with Crippen molar-refractivity contribution in [3.63, 3.8) is 0 Å². The van der Waals surface area contributed by atoms with Gasteiger partial charge >= 0.3 is 0 Å². The molecular formula is C38H25F4I2N11. The number of terminal acetylenes is 1. The van der Waals surface area contributed by atoms with Gasteiger partial charge in [-0.15, -0.1) is 6.42 Å². The highest BCUT2D eigenvalue weighted by molar-refractivity contribution is 14.1. The van der Waals surface area contributed by atoms with E-state index in [4.69, 9.17) is 6.42 Å². The minimum atomic E-state index is -0.661. The van der Waals surface area contributed by atoms with Gasteiger partial charge in [0.15, 0.2) is 11.6 Å². The number of aromatic amines is 1. The lowest BCUT2D eigenvalue weighted by atomic mass is 10.3. The highest BCUT2D eigenvalue weighted by Crippen LogP contribution is 2.07. The molecule has 1 N–H and O–H groups in total. The second-order valence-electron chi connectivity index (χ2n) is 9.93. The summed E-state index contributed by atoms with van der Waals surface area (Å²) in [5, 5.41) is 14.8. The summed E-state index contributed by atoms with van der Waals surface area (Å²) >= 11 is 4.26. The molecule has 0 radical (unpaired) electrons. The lowest BCUT2D eigenvalue weighted by Gasteiger charge is -1.98. The predicted octanol–water partition coefficient (Wildman–Crippen LogP) is 7.65. The molecule has 8 aromatic rings. The van der Waals surface area contributed by atoms with Crippen LogP contribution in [0.25, 0.3) is 11.6 Å². The molecule has 0 fully saturated rings. The van der Waals surface area contributed by atoms with E-state index in [0.29, 0.717) is 28.7 Å². The summed E-state index contributed by atoms with van der Waals surface area (Å²) in [6, 6.07) is 24.4. The predicted molar refractivity (Wildman–Crippen MR) is 213 cm³/mol. The largest absolute Gasteiger partial charge is 0.272 e.